The Hall–Kier alpha value is -2.77. The van der Waals surface area contributed by atoms with E-state index in [4.69, 9.17) is 9.47 Å². The van der Waals surface area contributed by atoms with E-state index in [0.717, 1.165) is 31.2 Å². The topological polar surface area (TPSA) is 106 Å². The number of carbonyl (C=O) groups is 3. The lowest BCUT2D eigenvalue weighted by molar-refractivity contribution is -0.124. The third kappa shape index (κ3) is 9.15. The molecule has 166 valence electrons. The lowest BCUT2D eigenvalue weighted by atomic mass is 9.84. The van der Waals surface area contributed by atoms with Gasteiger partial charge >= 0.3 is 12.2 Å². The van der Waals surface area contributed by atoms with Crippen molar-refractivity contribution in [3.63, 3.8) is 0 Å². The summed E-state index contributed by atoms with van der Waals surface area (Å²) in [6.45, 7) is 5.29. The second-order valence-electron chi connectivity index (χ2n) is 8.61. The van der Waals surface area contributed by atoms with Crippen molar-refractivity contribution in [2.75, 3.05) is 0 Å². The van der Waals surface area contributed by atoms with Crippen molar-refractivity contribution in [3.8, 4) is 0 Å². The molecule has 1 aromatic carbocycles. The van der Waals surface area contributed by atoms with Crippen LogP contribution < -0.4 is 16.2 Å². The first-order valence-corrected chi connectivity index (χ1v) is 10.5. The van der Waals surface area contributed by atoms with Gasteiger partial charge in [-0.15, -0.1) is 0 Å². The number of ether oxygens (including phenoxy) is 2. The maximum Gasteiger partial charge on any atom is 0.426 e. The van der Waals surface area contributed by atoms with E-state index in [0.29, 0.717) is 12.3 Å². The Bertz CT molecular complexity index is 696. The van der Waals surface area contributed by atoms with Gasteiger partial charge in [0.15, 0.2) is 0 Å². The Kier molecular flexibility index (Phi) is 8.95. The van der Waals surface area contributed by atoms with Gasteiger partial charge in [0.2, 0.25) is 0 Å². The van der Waals surface area contributed by atoms with Gasteiger partial charge in [-0.1, -0.05) is 62.4 Å². The largest absolute Gasteiger partial charge is 0.445 e. The van der Waals surface area contributed by atoms with E-state index in [1.807, 2.05) is 30.3 Å². The average molecular weight is 420 g/mol. The lowest BCUT2D eigenvalue weighted by Crippen LogP contribution is -2.53. The first-order chi connectivity index (χ1) is 14.2. The highest BCUT2D eigenvalue weighted by atomic mass is 16.6. The maximum atomic E-state index is 12.6. The summed E-state index contributed by atoms with van der Waals surface area (Å²) in [6, 6.07) is 8.49. The van der Waals surface area contributed by atoms with Gasteiger partial charge in [-0.2, -0.15) is 0 Å². The number of benzene rings is 1. The smallest absolute Gasteiger partial charge is 0.426 e. The van der Waals surface area contributed by atoms with Crippen molar-refractivity contribution in [2.45, 2.75) is 77.5 Å². The molecule has 2 rings (SSSR count). The van der Waals surface area contributed by atoms with Gasteiger partial charge in [0.25, 0.3) is 5.91 Å². The van der Waals surface area contributed by atoms with E-state index < -0.39 is 29.7 Å². The molecule has 1 aliphatic rings. The number of amides is 3. The van der Waals surface area contributed by atoms with Gasteiger partial charge in [-0.05, 0) is 38.7 Å². The summed E-state index contributed by atoms with van der Waals surface area (Å²) in [5.41, 5.74) is 4.74. The molecular formula is C22H33N3O5. The van der Waals surface area contributed by atoms with Gasteiger partial charge in [0.1, 0.15) is 18.2 Å². The highest BCUT2D eigenvalue weighted by molar-refractivity contribution is 5.86. The molecule has 0 radical (unpaired) electrons. The van der Waals surface area contributed by atoms with E-state index in [2.05, 4.69) is 16.2 Å². The Balaban J connectivity index is 1.90. The minimum absolute atomic E-state index is 0.112. The Morgan fingerprint density at radius 2 is 1.67 bits per heavy atom. The molecule has 1 unspecified atom stereocenters. The maximum absolute atomic E-state index is 12.6. The fourth-order valence-corrected chi connectivity index (χ4v) is 3.40. The van der Waals surface area contributed by atoms with Crippen molar-refractivity contribution in [1.29, 1.82) is 0 Å². The monoisotopic (exact) mass is 419 g/mol. The normalized spacial score (nSPS) is 15.6. The van der Waals surface area contributed by atoms with E-state index in [1.54, 1.807) is 20.8 Å². The summed E-state index contributed by atoms with van der Waals surface area (Å²) in [4.78, 5) is 36.7. The van der Waals surface area contributed by atoms with Gasteiger partial charge < -0.3 is 14.8 Å². The summed E-state index contributed by atoms with van der Waals surface area (Å²) in [5, 5.41) is 2.64. The van der Waals surface area contributed by atoms with Crippen LogP contribution in [0.4, 0.5) is 9.59 Å². The van der Waals surface area contributed by atoms with Crippen LogP contribution in [0, 0.1) is 5.92 Å². The van der Waals surface area contributed by atoms with Gasteiger partial charge in [0, 0.05) is 0 Å². The van der Waals surface area contributed by atoms with Crippen LogP contribution in [0.2, 0.25) is 0 Å². The molecule has 0 aromatic heterocycles. The van der Waals surface area contributed by atoms with Crippen molar-refractivity contribution in [1.82, 2.24) is 16.2 Å². The minimum Gasteiger partial charge on any atom is -0.445 e. The van der Waals surface area contributed by atoms with Crippen molar-refractivity contribution in [2.24, 2.45) is 5.92 Å². The van der Waals surface area contributed by atoms with Crippen molar-refractivity contribution in [3.05, 3.63) is 35.9 Å². The number of alkyl carbamates (subject to hydrolysis) is 1. The Morgan fingerprint density at radius 1 is 1.00 bits per heavy atom. The number of hydrazine groups is 1. The molecule has 3 N–H and O–H groups in total. The van der Waals surface area contributed by atoms with Crippen molar-refractivity contribution >= 4 is 18.1 Å². The fourth-order valence-electron chi connectivity index (χ4n) is 3.40. The molecule has 0 spiro atoms. The van der Waals surface area contributed by atoms with Gasteiger partial charge in [0.05, 0.1) is 0 Å². The number of nitrogens with one attached hydrogen (secondary N) is 3. The van der Waals surface area contributed by atoms with Crippen molar-refractivity contribution < 1.29 is 23.9 Å². The average Bonchev–Trinajstić information content (AvgIpc) is 2.70. The molecule has 1 fully saturated rings. The van der Waals surface area contributed by atoms with E-state index >= 15 is 0 Å². The number of hydrogen-bond acceptors (Lipinski definition) is 5. The number of rotatable bonds is 6. The molecule has 0 aliphatic heterocycles. The first-order valence-electron chi connectivity index (χ1n) is 10.5. The van der Waals surface area contributed by atoms with E-state index in [9.17, 15) is 14.4 Å². The molecule has 0 bridgehead atoms. The van der Waals surface area contributed by atoms with Gasteiger partial charge in [-0.3, -0.25) is 10.2 Å². The van der Waals surface area contributed by atoms with Crippen LogP contribution in [0.3, 0.4) is 0 Å². The zero-order chi connectivity index (χ0) is 22.0. The van der Waals surface area contributed by atoms with E-state index in [-0.39, 0.29) is 6.61 Å². The fraction of sp³-hybridized carbons (Fsp3) is 0.591. The standard InChI is InChI=1S/C22H33N3O5/c1-22(2,3)30-21(28)25-24-19(26)18(14-16-10-6-4-7-11-16)23-20(27)29-15-17-12-8-5-9-13-17/h5,8-9,12-13,16,18H,4,6-7,10-11,14-15H2,1-3H3,(H,23,27)(H,24,26)(H,25,28). The molecule has 1 aromatic rings. The van der Waals surface area contributed by atoms with Crippen LogP contribution in [-0.2, 0) is 20.9 Å². The molecular weight excluding hydrogens is 386 g/mol. The van der Waals surface area contributed by atoms with Crippen LogP contribution in [0.1, 0.15) is 64.9 Å². The predicted molar refractivity (Wildman–Crippen MR) is 112 cm³/mol. The quantitative estimate of drug-likeness (QED) is 0.608. The van der Waals surface area contributed by atoms with Crippen LogP contribution in [0.15, 0.2) is 30.3 Å². The molecule has 1 aliphatic carbocycles. The Morgan fingerprint density at radius 3 is 2.30 bits per heavy atom. The molecule has 0 heterocycles. The third-order valence-electron chi connectivity index (χ3n) is 4.80. The summed E-state index contributed by atoms with van der Waals surface area (Å²) in [6.07, 6.45) is 4.52. The molecule has 0 saturated heterocycles. The highest BCUT2D eigenvalue weighted by Crippen LogP contribution is 2.27. The predicted octanol–water partition coefficient (Wildman–Crippen LogP) is 3.81. The Labute approximate surface area is 178 Å². The zero-order valence-corrected chi connectivity index (χ0v) is 18.0. The molecule has 8 heteroatoms. The van der Waals surface area contributed by atoms with E-state index in [1.165, 1.54) is 6.42 Å². The SMILES string of the molecule is CC(C)(C)OC(=O)NNC(=O)C(CC1CCCCC1)NC(=O)OCc1ccccc1. The van der Waals surface area contributed by atoms with Crippen LogP contribution in [0.5, 0.6) is 0 Å². The first kappa shape index (κ1) is 23.5. The van der Waals surface area contributed by atoms with Crippen LogP contribution >= 0.6 is 0 Å². The minimum atomic E-state index is -0.814. The molecule has 1 saturated carbocycles. The summed E-state index contributed by atoms with van der Waals surface area (Å²) in [5.74, 6) is -0.173. The molecule has 8 nitrogen and oxygen atoms in total. The van der Waals surface area contributed by atoms with Crippen LogP contribution in [0.25, 0.3) is 0 Å². The summed E-state index contributed by atoms with van der Waals surface area (Å²) < 4.78 is 10.4. The molecule has 30 heavy (non-hydrogen) atoms. The number of carbonyl (C=O) groups excluding carboxylic acids is 3. The third-order valence-corrected chi connectivity index (χ3v) is 4.80. The molecule has 3 amide bonds. The summed E-state index contributed by atoms with van der Waals surface area (Å²) in [7, 11) is 0. The molecule has 1 atom stereocenters. The lowest BCUT2D eigenvalue weighted by Gasteiger charge is -2.26. The van der Waals surface area contributed by atoms with Crippen LogP contribution in [-0.4, -0.2) is 29.7 Å². The van der Waals surface area contributed by atoms with Gasteiger partial charge in [-0.25, -0.2) is 15.0 Å². The second kappa shape index (κ2) is 11.4. The zero-order valence-electron chi connectivity index (χ0n) is 18.0. The second-order valence-corrected chi connectivity index (χ2v) is 8.61. The highest BCUT2D eigenvalue weighted by Gasteiger charge is 2.27. The number of hydrogen-bond donors (Lipinski definition) is 3. The summed E-state index contributed by atoms with van der Waals surface area (Å²) >= 11 is 0.